The molecule has 1 saturated carbocycles. The zero-order chi connectivity index (χ0) is 15.7. The van der Waals surface area contributed by atoms with Crippen LogP contribution in [0, 0.1) is 19.7 Å². The standard InChI is InChI=1S/C19H20FNO/c1-13-9-14(2)11-17(10-13)21-18(22)19(7-4-8-19)15-5-3-6-16(20)12-15/h3,5-6,9-12H,4,7-8H2,1-2H3,(H,21,22). The highest BCUT2D eigenvalue weighted by atomic mass is 19.1. The van der Waals surface area contributed by atoms with E-state index in [1.165, 1.54) is 12.1 Å². The number of nitrogens with one attached hydrogen (secondary N) is 1. The normalized spacial score (nSPS) is 16.0. The van der Waals surface area contributed by atoms with Crippen molar-refractivity contribution in [2.75, 3.05) is 5.32 Å². The first-order valence-electron chi connectivity index (χ1n) is 7.65. The van der Waals surface area contributed by atoms with Gasteiger partial charge < -0.3 is 5.32 Å². The molecule has 0 radical (unpaired) electrons. The first-order valence-corrected chi connectivity index (χ1v) is 7.65. The summed E-state index contributed by atoms with van der Waals surface area (Å²) in [5.74, 6) is -0.322. The molecule has 1 aliphatic rings. The molecule has 0 spiro atoms. The largest absolute Gasteiger partial charge is 0.325 e. The van der Waals surface area contributed by atoms with Gasteiger partial charge in [-0.15, -0.1) is 0 Å². The summed E-state index contributed by atoms with van der Waals surface area (Å²) in [7, 11) is 0. The van der Waals surface area contributed by atoms with E-state index in [0.717, 1.165) is 41.6 Å². The maximum Gasteiger partial charge on any atom is 0.235 e. The van der Waals surface area contributed by atoms with Crippen LogP contribution >= 0.6 is 0 Å². The van der Waals surface area contributed by atoms with Crippen LogP contribution in [-0.2, 0) is 10.2 Å². The summed E-state index contributed by atoms with van der Waals surface area (Å²) in [6.07, 6.45) is 2.54. The predicted molar refractivity (Wildman–Crippen MR) is 86.5 cm³/mol. The van der Waals surface area contributed by atoms with E-state index in [-0.39, 0.29) is 11.7 Å². The summed E-state index contributed by atoms with van der Waals surface area (Å²) in [4.78, 5) is 12.8. The number of carbonyl (C=O) groups excluding carboxylic acids is 1. The molecule has 2 nitrogen and oxygen atoms in total. The van der Waals surface area contributed by atoms with Gasteiger partial charge in [0, 0.05) is 5.69 Å². The molecule has 0 saturated heterocycles. The van der Waals surface area contributed by atoms with Crippen molar-refractivity contribution >= 4 is 11.6 Å². The Labute approximate surface area is 130 Å². The lowest BCUT2D eigenvalue weighted by molar-refractivity contribution is -0.124. The van der Waals surface area contributed by atoms with Crippen molar-refractivity contribution in [2.24, 2.45) is 0 Å². The number of amides is 1. The Kier molecular flexibility index (Phi) is 3.73. The molecule has 1 N–H and O–H groups in total. The van der Waals surface area contributed by atoms with E-state index in [9.17, 15) is 9.18 Å². The van der Waals surface area contributed by atoms with Gasteiger partial charge in [0.15, 0.2) is 0 Å². The molecule has 0 bridgehead atoms. The Balaban J connectivity index is 1.89. The highest BCUT2D eigenvalue weighted by Crippen LogP contribution is 2.44. The van der Waals surface area contributed by atoms with Gasteiger partial charge in [0.1, 0.15) is 5.82 Å². The molecule has 22 heavy (non-hydrogen) atoms. The van der Waals surface area contributed by atoms with E-state index in [1.54, 1.807) is 6.07 Å². The Morgan fingerprint density at radius 3 is 2.32 bits per heavy atom. The maximum atomic E-state index is 13.5. The van der Waals surface area contributed by atoms with Crippen LogP contribution in [0.4, 0.5) is 10.1 Å². The van der Waals surface area contributed by atoms with Gasteiger partial charge in [-0.25, -0.2) is 4.39 Å². The summed E-state index contributed by atoms with van der Waals surface area (Å²) >= 11 is 0. The van der Waals surface area contributed by atoms with E-state index in [2.05, 4.69) is 11.4 Å². The van der Waals surface area contributed by atoms with E-state index >= 15 is 0 Å². The van der Waals surface area contributed by atoms with Crippen molar-refractivity contribution in [3.05, 3.63) is 65.0 Å². The van der Waals surface area contributed by atoms with Crippen molar-refractivity contribution in [3.63, 3.8) is 0 Å². The fourth-order valence-electron chi connectivity index (χ4n) is 3.26. The monoisotopic (exact) mass is 297 g/mol. The number of hydrogen-bond donors (Lipinski definition) is 1. The van der Waals surface area contributed by atoms with Crippen LogP contribution in [0.25, 0.3) is 0 Å². The summed E-state index contributed by atoms with van der Waals surface area (Å²) in [6, 6.07) is 12.4. The minimum atomic E-state index is -0.584. The number of halogens is 1. The highest BCUT2D eigenvalue weighted by Gasteiger charge is 2.45. The zero-order valence-corrected chi connectivity index (χ0v) is 12.9. The van der Waals surface area contributed by atoms with E-state index in [1.807, 2.05) is 32.0 Å². The van der Waals surface area contributed by atoms with Gasteiger partial charge in [-0.1, -0.05) is 24.6 Å². The minimum absolute atomic E-state index is 0.0330. The van der Waals surface area contributed by atoms with Crippen LogP contribution in [0.15, 0.2) is 42.5 Å². The molecule has 0 unspecified atom stereocenters. The molecule has 3 heteroatoms. The van der Waals surface area contributed by atoms with E-state index in [0.29, 0.717) is 0 Å². The Morgan fingerprint density at radius 2 is 1.77 bits per heavy atom. The molecular weight excluding hydrogens is 277 g/mol. The van der Waals surface area contributed by atoms with E-state index < -0.39 is 5.41 Å². The number of hydrogen-bond acceptors (Lipinski definition) is 1. The molecule has 0 heterocycles. The number of benzene rings is 2. The third-order valence-corrected chi connectivity index (χ3v) is 4.50. The lowest BCUT2D eigenvalue weighted by Crippen LogP contribution is -2.46. The first kappa shape index (κ1) is 14.8. The third-order valence-electron chi connectivity index (χ3n) is 4.50. The molecule has 3 rings (SSSR count). The Bertz CT molecular complexity index is 699. The predicted octanol–water partition coefficient (Wildman–Crippen LogP) is 4.50. The first-order chi connectivity index (χ1) is 10.5. The van der Waals surface area contributed by atoms with Crippen molar-refractivity contribution in [2.45, 2.75) is 38.5 Å². The fraction of sp³-hybridized carbons (Fsp3) is 0.316. The smallest absolute Gasteiger partial charge is 0.235 e. The van der Waals surface area contributed by atoms with Gasteiger partial charge >= 0.3 is 0 Å². The maximum absolute atomic E-state index is 13.5. The molecule has 0 aliphatic heterocycles. The number of anilines is 1. The van der Waals surface area contributed by atoms with Gasteiger partial charge in [-0.2, -0.15) is 0 Å². The summed E-state index contributed by atoms with van der Waals surface area (Å²) < 4.78 is 13.5. The van der Waals surface area contributed by atoms with Crippen molar-refractivity contribution < 1.29 is 9.18 Å². The fourth-order valence-corrected chi connectivity index (χ4v) is 3.26. The second-order valence-corrected chi connectivity index (χ2v) is 6.28. The van der Waals surface area contributed by atoms with Crippen LogP contribution in [0.3, 0.4) is 0 Å². The van der Waals surface area contributed by atoms with Gasteiger partial charge in [-0.3, -0.25) is 4.79 Å². The van der Waals surface area contributed by atoms with Crippen LogP contribution in [-0.4, -0.2) is 5.91 Å². The number of carbonyl (C=O) groups is 1. The molecule has 1 amide bonds. The molecule has 0 atom stereocenters. The molecule has 0 aromatic heterocycles. The summed E-state index contributed by atoms with van der Waals surface area (Å²) in [5.41, 5.74) is 3.23. The van der Waals surface area contributed by atoms with Crippen LogP contribution in [0.1, 0.15) is 36.0 Å². The van der Waals surface area contributed by atoms with Gasteiger partial charge in [-0.05, 0) is 67.6 Å². The SMILES string of the molecule is Cc1cc(C)cc(NC(=O)C2(c3cccc(F)c3)CCC2)c1. The molecular formula is C19H20FNO. The quantitative estimate of drug-likeness (QED) is 0.887. The number of aryl methyl sites for hydroxylation is 2. The second-order valence-electron chi connectivity index (χ2n) is 6.28. The average molecular weight is 297 g/mol. The zero-order valence-electron chi connectivity index (χ0n) is 12.9. The molecule has 114 valence electrons. The Morgan fingerprint density at radius 1 is 1.09 bits per heavy atom. The minimum Gasteiger partial charge on any atom is -0.325 e. The van der Waals surface area contributed by atoms with Crippen molar-refractivity contribution in [3.8, 4) is 0 Å². The summed E-state index contributed by atoms with van der Waals surface area (Å²) in [6.45, 7) is 4.02. The van der Waals surface area contributed by atoms with Crippen LogP contribution < -0.4 is 5.32 Å². The molecule has 1 fully saturated rings. The summed E-state index contributed by atoms with van der Waals surface area (Å²) in [5, 5.41) is 3.02. The van der Waals surface area contributed by atoms with Gasteiger partial charge in [0.05, 0.1) is 5.41 Å². The van der Waals surface area contributed by atoms with E-state index in [4.69, 9.17) is 0 Å². The van der Waals surface area contributed by atoms with Crippen LogP contribution in [0.2, 0.25) is 0 Å². The Hall–Kier alpha value is -2.16. The molecule has 2 aromatic rings. The van der Waals surface area contributed by atoms with Crippen molar-refractivity contribution in [1.82, 2.24) is 0 Å². The van der Waals surface area contributed by atoms with Gasteiger partial charge in [0.2, 0.25) is 5.91 Å². The highest BCUT2D eigenvalue weighted by molar-refractivity contribution is 6.00. The lowest BCUT2D eigenvalue weighted by atomic mass is 9.63. The number of rotatable bonds is 3. The topological polar surface area (TPSA) is 29.1 Å². The van der Waals surface area contributed by atoms with Crippen LogP contribution in [0.5, 0.6) is 0 Å². The molecule has 1 aliphatic carbocycles. The lowest BCUT2D eigenvalue weighted by Gasteiger charge is -2.40. The second kappa shape index (κ2) is 5.56. The van der Waals surface area contributed by atoms with Crippen molar-refractivity contribution in [1.29, 1.82) is 0 Å². The third kappa shape index (κ3) is 2.63. The van der Waals surface area contributed by atoms with Gasteiger partial charge in [0.25, 0.3) is 0 Å². The molecule has 2 aromatic carbocycles. The average Bonchev–Trinajstić information content (AvgIpc) is 2.35.